The van der Waals surface area contributed by atoms with E-state index >= 15 is 0 Å². The number of hydrogen-bond donors (Lipinski definition) is 1. The van der Waals surface area contributed by atoms with Crippen molar-refractivity contribution in [3.63, 3.8) is 0 Å². The average Bonchev–Trinajstić information content (AvgIpc) is 3.03. The number of rotatable bonds is 4. The summed E-state index contributed by atoms with van der Waals surface area (Å²) in [6.07, 6.45) is 4.34. The molecule has 132 valence electrons. The second-order valence-corrected chi connectivity index (χ2v) is 7.11. The summed E-state index contributed by atoms with van der Waals surface area (Å²) < 4.78 is 0.838. The fourth-order valence-electron chi connectivity index (χ4n) is 2.10. The molecular formula is C17H19ClN4O2S. The van der Waals surface area contributed by atoms with Crippen molar-refractivity contribution < 1.29 is 9.59 Å². The Balaban J connectivity index is 0.000000196. The van der Waals surface area contributed by atoms with Gasteiger partial charge in [-0.1, -0.05) is 17.7 Å². The van der Waals surface area contributed by atoms with E-state index in [4.69, 9.17) is 11.6 Å². The number of pyridine rings is 1. The molecule has 0 radical (unpaired) electrons. The lowest BCUT2D eigenvalue weighted by Gasteiger charge is -2.16. The zero-order valence-electron chi connectivity index (χ0n) is 14.0. The summed E-state index contributed by atoms with van der Waals surface area (Å²) in [7, 11) is 3.41. The third kappa shape index (κ3) is 5.95. The summed E-state index contributed by atoms with van der Waals surface area (Å²) in [5.74, 6) is 0.855. The zero-order valence-corrected chi connectivity index (χ0v) is 15.6. The third-order valence-electron chi connectivity index (χ3n) is 3.46. The molecule has 2 aromatic rings. The number of aromatic nitrogens is 1. The maximum absolute atomic E-state index is 10.8. The Morgan fingerprint density at radius 3 is 2.64 bits per heavy atom. The fourth-order valence-corrected chi connectivity index (χ4v) is 3.22. The van der Waals surface area contributed by atoms with Gasteiger partial charge in [-0.2, -0.15) is 5.10 Å². The monoisotopic (exact) mass is 378 g/mol. The normalized spacial score (nSPS) is 13.6. The topological polar surface area (TPSA) is 74.7 Å². The maximum Gasteiger partial charge on any atom is 0.242 e. The van der Waals surface area contributed by atoms with Gasteiger partial charge in [-0.25, -0.2) is 9.99 Å². The van der Waals surface area contributed by atoms with Crippen LogP contribution in [0.15, 0.2) is 35.6 Å². The van der Waals surface area contributed by atoms with Crippen molar-refractivity contribution in [2.45, 2.75) is 19.3 Å². The molecule has 0 unspecified atom stereocenters. The first-order valence-electron chi connectivity index (χ1n) is 7.68. The minimum absolute atomic E-state index is 0.0365. The van der Waals surface area contributed by atoms with E-state index in [-0.39, 0.29) is 5.91 Å². The minimum Gasteiger partial charge on any atom is -0.373 e. The van der Waals surface area contributed by atoms with E-state index in [0.29, 0.717) is 24.8 Å². The number of anilines is 1. The van der Waals surface area contributed by atoms with Gasteiger partial charge in [0, 0.05) is 44.4 Å². The lowest BCUT2D eigenvalue weighted by molar-refractivity contribution is -0.130. The van der Waals surface area contributed by atoms with E-state index in [2.05, 4.69) is 27.5 Å². The van der Waals surface area contributed by atoms with Crippen molar-refractivity contribution in [1.29, 1.82) is 0 Å². The molecule has 0 aliphatic carbocycles. The Kier molecular flexibility index (Phi) is 7.09. The van der Waals surface area contributed by atoms with E-state index in [1.165, 1.54) is 15.4 Å². The Bertz CT molecular complexity index is 758. The van der Waals surface area contributed by atoms with Gasteiger partial charge in [0.25, 0.3) is 0 Å². The number of nitrogens with zero attached hydrogens (tertiary/aromatic N) is 3. The maximum atomic E-state index is 10.8. The van der Waals surface area contributed by atoms with E-state index in [1.54, 1.807) is 18.4 Å². The van der Waals surface area contributed by atoms with Crippen LogP contribution in [0.2, 0.25) is 4.34 Å². The number of hydrogen-bond acceptors (Lipinski definition) is 6. The number of carbonyl (C=O) groups excluding carboxylic acids is 2. The molecule has 1 aliphatic rings. The molecule has 3 rings (SSSR count). The molecule has 6 nitrogen and oxygen atoms in total. The van der Waals surface area contributed by atoms with Crippen molar-refractivity contribution >= 4 is 46.7 Å². The molecule has 0 saturated heterocycles. The highest BCUT2D eigenvalue weighted by Gasteiger charge is 2.15. The molecule has 3 heterocycles. The molecule has 1 N–H and O–H groups in total. The number of nitrogens with one attached hydrogen (secondary N) is 1. The number of hydrazone groups is 1. The molecule has 2 aromatic heterocycles. The third-order valence-corrected chi connectivity index (χ3v) is 4.69. The SMILES string of the molecule is CN1N=C(C=O)CCC1=O.CNc1ccc(Cc2ccc(Cl)s2)cn1. The summed E-state index contributed by atoms with van der Waals surface area (Å²) in [6.45, 7) is 0. The van der Waals surface area contributed by atoms with Crippen LogP contribution in [0.3, 0.4) is 0 Å². The molecule has 0 fully saturated rings. The Morgan fingerprint density at radius 1 is 1.32 bits per heavy atom. The Labute approximate surface area is 155 Å². The first kappa shape index (κ1) is 19.1. The summed E-state index contributed by atoms with van der Waals surface area (Å²) in [5.41, 5.74) is 1.65. The lowest BCUT2D eigenvalue weighted by Crippen LogP contribution is -2.28. The van der Waals surface area contributed by atoms with Crippen LogP contribution in [-0.2, 0) is 16.0 Å². The summed E-state index contributed by atoms with van der Waals surface area (Å²) in [5, 5.41) is 7.91. The second kappa shape index (κ2) is 9.29. The molecular weight excluding hydrogens is 360 g/mol. The number of amides is 1. The number of thiophene rings is 1. The van der Waals surface area contributed by atoms with Crippen LogP contribution in [0.1, 0.15) is 23.3 Å². The Hall–Kier alpha value is -2.25. The van der Waals surface area contributed by atoms with Crippen molar-refractivity contribution in [1.82, 2.24) is 9.99 Å². The van der Waals surface area contributed by atoms with Crippen LogP contribution >= 0.6 is 22.9 Å². The summed E-state index contributed by atoms with van der Waals surface area (Å²) >= 11 is 7.48. The van der Waals surface area contributed by atoms with Crippen molar-refractivity contribution in [2.24, 2.45) is 5.10 Å². The molecule has 0 bridgehead atoms. The van der Waals surface area contributed by atoms with E-state index in [9.17, 15) is 9.59 Å². The van der Waals surface area contributed by atoms with E-state index < -0.39 is 0 Å². The van der Waals surface area contributed by atoms with Gasteiger partial charge >= 0.3 is 0 Å². The molecule has 25 heavy (non-hydrogen) atoms. The standard InChI is InChI=1S/C11H11ClN2S.C6H8N2O2/c1-13-11-5-2-8(7-14-11)6-9-3-4-10(12)15-9;1-8-6(10)3-2-5(4-9)7-8/h2-5,7H,6H2,1H3,(H,13,14);4H,2-3H2,1H3. The molecule has 1 amide bonds. The highest BCUT2D eigenvalue weighted by Crippen LogP contribution is 2.23. The predicted molar refractivity (Wildman–Crippen MR) is 101 cm³/mol. The quantitative estimate of drug-likeness (QED) is 0.829. The van der Waals surface area contributed by atoms with Crippen LogP contribution in [0.4, 0.5) is 5.82 Å². The van der Waals surface area contributed by atoms with Gasteiger partial charge in [0.2, 0.25) is 5.91 Å². The highest BCUT2D eigenvalue weighted by molar-refractivity contribution is 7.16. The van der Waals surface area contributed by atoms with Crippen LogP contribution in [-0.4, -0.2) is 42.0 Å². The number of aldehydes is 1. The van der Waals surface area contributed by atoms with Crippen LogP contribution < -0.4 is 5.32 Å². The molecule has 8 heteroatoms. The van der Waals surface area contributed by atoms with Gasteiger partial charge in [-0.05, 0) is 23.8 Å². The average molecular weight is 379 g/mol. The highest BCUT2D eigenvalue weighted by atomic mass is 35.5. The molecule has 0 saturated carbocycles. The van der Waals surface area contributed by atoms with Crippen LogP contribution in [0.25, 0.3) is 0 Å². The van der Waals surface area contributed by atoms with E-state index in [0.717, 1.165) is 16.6 Å². The van der Waals surface area contributed by atoms with Crippen molar-refractivity contribution in [2.75, 3.05) is 19.4 Å². The molecule has 0 spiro atoms. The molecule has 0 aromatic carbocycles. The first-order chi connectivity index (χ1) is 12.0. The number of halogens is 1. The van der Waals surface area contributed by atoms with Gasteiger partial charge in [0.15, 0.2) is 6.29 Å². The van der Waals surface area contributed by atoms with Crippen molar-refractivity contribution in [3.05, 3.63) is 45.2 Å². The largest absolute Gasteiger partial charge is 0.373 e. The first-order valence-corrected chi connectivity index (χ1v) is 8.87. The Morgan fingerprint density at radius 2 is 2.12 bits per heavy atom. The summed E-state index contributed by atoms with van der Waals surface area (Å²) in [6, 6.07) is 8.03. The van der Waals surface area contributed by atoms with Crippen LogP contribution in [0.5, 0.6) is 0 Å². The molecule has 1 aliphatic heterocycles. The van der Waals surface area contributed by atoms with Crippen LogP contribution in [0, 0.1) is 0 Å². The zero-order chi connectivity index (χ0) is 18.2. The van der Waals surface area contributed by atoms with Gasteiger partial charge < -0.3 is 5.32 Å². The van der Waals surface area contributed by atoms with Gasteiger partial charge in [0.05, 0.1) is 4.34 Å². The number of carbonyl (C=O) groups is 2. The van der Waals surface area contributed by atoms with Gasteiger partial charge in [-0.15, -0.1) is 11.3 Å². The predicted octanol–water partition coefficient (Wildman–Crippen LogP) is 3.22. The lowest BCUT2D eigenvalue weighted by atomic mass is 10.2. The smallest absolute Gasteiger partial charge is 0.242 e. The minimum atomic E-state index is -0.0365. The summed E-state index contributed by atoms with van der Waals surface area (Å²) in [4.78, 5) is 26.4. The van der Waals surface area contributed by atoms with Gasteiger partial charge in [-0.3, -0.25) is 9.59 Å². The van der Waals surface area contributed by atoms with Crippen molar-refractivity contribution in [3.8, 4) is 0 Å². The van der Waals surface area contributed by atoms with Gasteiger partial charge in [0.1, 0.15) is 11.5 Å². The second-order valence-electron chi connectivity index (χ2n) is 5.31. The molecule has 0 atom stereocenters. The van der Waals surface area contributed by atoms with E-state index in [1.807, 2.05) is 25.4 Å². The fraction of sp³-hybridized carbons (Fsp3) is 0.294.